The number of allylic oxidation sites excluding steroid dienone is 2. The second-order valence-electron chi connectivity index (χ2n) is 16.0. The second-order valence-corrected chi connectivity index (χ2v) is 16.0. The Bertz CT molecular complexity index is 1040. The van der Waals surface area contributed by atoms with Crippen molar-refractivity contribution >= 4 is 11.9 Å². The topological polar surface area (TPSA) is 52.6 Å². The third kappa shape index (κ3) is 3.73. The summed E-state index contributed by atoms with van der Waals surface area (Å²) in [5.74, 6) is 1.32. The van der Waals surface area contributed by atoms with E-state index in [0.717, 1.165) is 38.5 Å². The van der Waals surface area contributed by atoms with Crippen LogP contribution in [0.1, 0.15) is 127 Å². The number of carbonyl (C=O) groups is 2. The van der Waals surface area contributed by atoms with Crippen molar-refractivity contribution < 1.29 is 19.1 Å². The van der Waals surface area contributed by atoms with Gasteiger partial charge in [0.2, 0.25) is 0 Å². The van der Waals surface area contributed by atoms with E-state index in [-0.39, 0.29) is 57.1 Å². The van der Waals surface area contributed by atoms with E-state index in [2.05, 4.69) is 55.4 Å². The summed E-state index contributed by atoms with van der Waals surface area (Å²) in [6.45, 7) is 22.8. The largest absolute Gasteiger partial charge is 0.462 e. The Hall–Kier alpha value is -1.32. The molecule has 0 spiro atoms. The molecule has 0 amide bonds. The van der Waals surface area contributed by atoms with E-state index in [0.29, 0.717) is 17.8 Å². The molecule has 5 rings (SSSR count). The Kier molecular flexibility index (Phi) is 6.56. The lowest BCUT2D eigenvalue weighted by atomic mass is 9.31. The average Bonchev–Trinajstić information content (AvgIpc) is 3.10. The van der Waals surface area contributed by atoms with E-state index in [1.165, 1.54) is 19.3 Å². The van der Waals surface area contributed by atoms with Gasteiger partial charge in [0.15, 0.2) is 0 Å². The van der Waals surface area contributed by atoms with Crippen LogP contribution in [0, 0.1) is 50.7 Å². The van der Waals surface area contributed by atoms with Crippen molar-refractivity contribution in [1.29, 1.82) is 0 Å². The highest BCUT2D eigenvalue weighted by Gasteiger charge is 2.73. The third-order valence-corrected chi connectivity index (χ3v) is 13.4. The summed E-state index contributed by atoms with van der Waals surface area (Å²) in [5, 5.41) is 0. The number of fused-ring (bicyclic) bond motifs is 7. The second kappa shape index (κ2) is 8.84. The van der Waals surface area contributed by atoms with Crippen LogP contribution in [-0.2, 0) is 19.1 Å². The van der Waals surface area contributed by atoms with Gasteiger partial charge in [0, 0.05) is 25.7 Å². The summed E-state index contributed by atoms with van der Waals surface area (Å²) in [6, 6.07) is 0. The molecule has 0 aromatic carbocycles. The van der Waals surface area contributed by atoms with Crippen molar-refractivity contribution in [3.05, 3.63) is 11.1 Å². The lowest BCUT2D eigenvalue weighted by Gasteiger charge is -2.74. The molecule has 0 saturated heterocycles. The average molecular weight is 527 g/mol. The predicted molar refractivity (Wildman–Crippen MR) is 151 cm³/mol. The van der Waals surface area contributed by atoms with E-state index in [1.807, 2.05) is 0 Å². The van der Waals surface area contributed by atoms with Crippen molar-refractivity contribution in [2.24, 2.45) is 50.7 Å². The van der Waals surface area contributed by atoms with Crippen LogP contribution in [0.15, 0.2) is 11.1 Å². The molecule has 4 fully saturated rings. The van der Waals surface area contributed by atoms with Crippen molar-refractivity contribution in [1.82, 2.24) is 0 Å². The highest BCUT2D eigenvalue weighted by atomic mass is 16.5. The van der Waals surface area contributed by atoms with Gasteiger partial charge in [-0.25, -0.2) is 0 Å². The fourth-order valence-corrected chi connectivity index (χ4v) is 12.2. The van der Waals surface area contributed by atoms with Crippen LogP contribution in [0.3, 0.4) is 0 Å². The first kappa shape index (κ1) is 28.2. The van der Waals surface area contributed by atoms with Crippen LogP contribution >= 0.6 is 0 Å². The van der Waals surface area contributed by atoms with Crippen molar-refractivity contribution in [3.8, 4) is 0 Å². The van der Waals surface area contributed by atoms with Crippen LogP contribution in [-0.4, -0.2) is 24.1 Å². The van der Waals surface area contributed by atoms with Gasteiger partial charge in [-0.05, 0) is 90.3 Å². The number of hydrogen-bond donors (Lipinski definition) is 0. The monoisotopic (exact) mass is 526 g/mol. The molecule has 0 heterocycles. The molecule has 5 aliphatic carbocycles. The number of esters is 2. The predicted octanol–water partition coefficient (Wildman–Crippen LogP) is 8.28. The Morgan fingerprint density at radius 2 is 1.42 bits per heavy atom. The molecule has 0 unspecified atom stereocenters. The molecule has 214 valence electrons. The van der Waals surface area contributed by atoms with Gasteiger partial charge in [-0.1, -0.05) is 73.0 Å². The van der Waals surface area contributed by atoms with Crippen LogP contribution in [0.25, 0.3) is 0 Å². The Morgan fingerprint density at radius 3 is 2.03 bits per heavy atom. The molecule has 38 heavy (non-hydrogen) atoms. The van der Waals surface area contributed by atoms with Gasteiger partial charge in [0.05, 0.1) is 0 Å². The molecule has 5 aliphatic rings. The number of carbonyl (C=O) groups excluding carboxylic acids is 2. The maximum atomic E-state index is 12.6. The van der Waals surface area contributed by atoms with Crippen LogP contribution in [0.2, 0.25) is 0 Å². The molecule has 0 aromatic rings. The number of rotatable bonds is 3. The summed E-state index contributed by atoms with van der Waals surface area (Å²) in [5.41, 5.74) is 3.53. The zero-order valence-electron chi connectivity index (χ0n) is 26.0. The molecule has 0 aliphatic heterocycles. The number of hydrogen-bond acceptors (Lipinski definition) is 4. The maximum Gasteiger partial charge on any atom is 0.302 e. The minimum atomic E-state index is -0.144. The standard InChI is InChI=1S/C34H54O4/c1-20(2)23-12-16-31(7)24(23)13-17-33(9)29(31)25(37-21(3)35)18-27-32(8)15-11-14-30(5,6)28(32)26(38-22(4)36)19-34(27,33)10/h20,25-29H,11-19H2,1-10H3/t25-,26+,27-,28+,29-,31+,32-,33-,34-/m1/s1. The first-order valence-electron chi connectivity index (χ1n) is 15.6. The summed E-state index contributed by atoms with van der Waals surface area (Å²) >= 11 is 0. The first-order valence-corrected chi connectivity index (χ1v) is 15.6. The fraction of sp³-hybridized carbons (Fsp3) is 0.882. The van der Waals surface area contributed by atoms with E-state index in [9.17, 15) is 9.59 Å². The van der Waals surface area contributed by atoms with Crippen LogP contribution < -0.4 is 0 Å². The lowest BCUT2D eigenvalue weighted by Crippen LogP contribution is -2.71. The van der Waals surface area contributed by atoms with E-state index in [1.54, 1.807) is 25.0 Å². The first-order chi connectivity index (χ1) is 17.5. The SMILES string of the molecule is CC(=O)O[C@H]1C[C@]2(C)[C@H](C[C@@H](OC(C)=O)[C@@H]3[C@@]4(C)CCC(C(C)C)=C4CC[C@]32C)[C@@]2(C)CCCC(C)(C)[C@H]12. The molecule has 9 atom stereocenters. The smallest absolute Gasteiger partial charge is 0.302 e. The minimum absolute atomic E-state index is 0.00221. The highest BCUT2D eigenvalue weighted by molar-refractivity contribution is 5.66. The molecule has 0 aromatic heterocycles. The van der Waals surface area contributed by atoms with Gasteiger partial charge >= 0.3 is 11.9 Å². The van der Waals surface area contributed by atoms with Gasteiger partial charge in [0.1, 0.15) is 12.2 Å². The van der Waals surface area contributed by atoms with Gasteiger partial charge < -0.3 is 9.47 Å². The molecule has 0 N–H and O–H groups in total. The zero-order chi connectivity index (χ0) is 28.1. The van der Waals surface area contributed by atoms with Crippen LogP contribution in [0.5, 0.6) is 0 Å². The van der Waals surface area contributed by atoms with Gasteiger partial charge in [-0.15, -0.1) is 0 Å². The molecule has 0 radical (unpaired) electrons. The molecule has 0 bridgehead atoms. The third-order valence-electron chi connectivity index (χ3n) is 13.4. The zero-order valence-corrected chi connectivity index (χ0v) is 26.0. The number of ether oxygens (including phenoxy) is 2. The highest BCUT2D eigenvalue weighted by Crippen LogP contribution is 2.77. The Labute approximate surface area is 232 Å². The summed E-state index contributed by atoms with van der Waals surface area (Å²) in [4.78, 5) is 25.2. The van der Waals surface area contributed by atoms with Gasteiger partial charge in [0.25, 0.3) is 0 Å². The van der Waals surface area contributed by atoms with E-state index in [4.69, 9.17) is 9.47 Å². The summed E-state index contributed by atoms with van der Waals surface area (Å²) in [6.07, 6.45) is 9.89. The maximum absolute atomic E-state index is 12.6. The van der Waals surface area contributed by atoms with Gasteiger partial charge in [-0.2, -0.15) is 0 Å². The quantitative estimate of drug-likeness (QED) is 0.274. The van der Waals surface area contributed by atoms with Crippen molar-refractivity contribution in [2.75, 3.05) is 0 Å². The normalized spacial score (nSPS) is 47.5. The van der Waals surface area contributed by atoms with E-state index >= 15 is 0 Å². The molecular formula is C34H54O4. The lowest BCUT2D eigenvalue weighted by molar-refractivity contribution is -0.283. The molecule has 4 heteroatoms. The Morgan fingerprint density at radius 1 is 0.789 bits per heavy atom. The molecular weight excluding hydrogens is 472 g/mol. The van der Waals surface area contributed by atoms with Crippen molar-refractivity contribution in [2.45, 2.75) is 139 Å². The minimum Gasteiger partial charge on any atom is -0.462 e. The van der Waals surface area contributed by atoms with E-state index < -0.39 is 0 Å². The molecule has 4 saturated carbocycles. The van der Waals surface area contributed by atoms with Gasteiger partial charge in [-0.3, -0.25) is 9.59 Å². The van der Waals surface area contributed by atoms with Crippen LogP contribution in [0.4, 0.5) is 0 Å². The Balaban J connectivity index is 1.69. The summed E-state index contributed by atoms with van der Waals surface area (Å²) in [7, 11) is 0. The molecule has 4 nitrogen and oxygen atoms in total. The summed E-state index contributed by atoms with van der Waals surface area (Å²) < 4.78 is 12.7. The van der Waals surface area contributed by atoms with Crippen molar-refractivity contribution in [3.63, 3.8) is 0 Å². The fourth-order valence-electron chi connectivity index (χ4n) is 12.2.